The van der Waals surface area contributed by atoms with Gasteiger partial charge in [-0.05, 0) is 25.0 Å². The van der Waals surface area contributed by atoms with Gasteiger partial charge < -0.3 is 4.90 Å². The molecule has 6 nitrogen and oxygen atoms in total. The van der Waals surface area contributed by atoms with E-state index < -0.39 is 23.3 Å². The summed E-state index contributed by atoms with van der Waals surface area (Å²) in [5.41, 5.74) is 1.52. The highest BCUT2D eigenvalue weighted by Gasteiger charge is 2.80. The molecule has 1 unspecified atom stereocenters. The molecule has 3 fully saturated rings. The molecule has 0 radical (unpaired) electrons. The summed E-state index contributed by atoms with van der Waals surface area (Å²) < 4.78 is 0. The van der Waals surface area contributed by atoms with E-state index in [2.05, 4.69) is 0 Å². The Morgan fingerprint density at radius 3 is 2.10 bits per heavy atom. The van der Waals surface area contributed by atoms with E-state index in [9.17, 15) is 19.2 Å². The number of imide groups is 1. The number of hydrogen-bond acceptors (Lipinski definition) is 4. The number of carbonyl (C=O) groups is 4. The first kappa shape index (κ1) is 18.6. The fraction of sp³-hybridized carbons (Fsp3) is 0.360. The lowest BCUT2D eigenvalue weighted by Crippen LogP contribution is -3.22. The standard InChI is InChI=1S/C25H22N2O4/c1-13-7-5-8-14(2)20(13)27-23(30)18-17-11-6-12-26(17)25(19(18)24(27)31)21(28)15-9-3-4-10-16(15)22(25)29/h3-5,7-10,17-19H,6,11-12H2,1-2H3/p+1/t17-,18-,19+/m1/s1. The maximum absolute atomic E-state index is 13.9. The molecule has 4 atom stereocenters. The van der Waals surface area contributed by atoms with Crippen LogP contribution in [0.3, 0.4) is 0 Å². The number of benzene rings is 2. The normalized spacial score (nSPS) is 30.3. The Bertz CT molecular complexity index is 1160. The van der Waals surface area contributed by atoms with Crippen molar-refractivity contribution in [1.82, 2.24) is 0 Å². The van der Waals surface area contributed by atoms with Gasteiger partial charge in [-0.15, -0.1) is 0 Å². The van der Waals surface area contributed by atoms with E-state index in [0.717, 1.165) is 28.9 Å². The van der Waals surface area contributed by atoms with Crippen LogP contribution in [0.2, 0.25) is 0 Å². The quantitative estimate of drug-likeness (QED) is 0.563. The fourth-order valence-corrected chi connectivity index (χ4v) is 6.87. The maximum atomic E-state index is 13.9. The first-order valence-corrected chi connectivity index (χ1v) is 10.9. The molecule has 31 heavy (non-hydrogen) atoms. The summed E-state index contributed by atoms with van der Waals surface area (Å²) in [5, 5.41) is 0. The van der Waals surface area contributed by atoms with E-state index in [1.807, 2.05) is 32.0 Å². The lowest BCUT2D eigenvalue weighted by Gasteiger charge is -2.32. The number of nitrogens with one attached hydrogen (secondary N) is 1. The zero-order chi connectivity index (χ0) is 21.7. The molecule has 0 bridgehead atoms. The molecule has 6 heteroatoms. The van der Waals surface area contributed by atoms with Crippen molar-refractivity contribution in [2.24, 2.45) is 11.8 Å². The van der Waals surface area contributed by atoms with Crippen molar-refractivity contribution in [3.05, 3.63) is 64.7 Å². The van der Waals surface area contributed by atoms with Gasteiger partial charge in [-0.1, -0.05) is 42.5 Å². The Morgan fingerprint density at radius 2 is 1.48 bits per heavy atom. The summed E-state index contributed by atoms with van der Waals surface area (Å²) in [6.07, 6.45) is 1.58. The summed E-state index contributed by atoms with van der Waals surface area (Å²) in [5.74, 6) is -2.80. The predicted octanol–water partition coefficient (Wildman–Crippen LogP) is 1.29. The van der Waals surface area contributed by atoms with Crippen LogP contribution < -0.4 is 9.80 Å². The van der Waals surface area contributed by atoms with Crippen LogP contribution in [0.5, 0.6) is 0 Å². The van der Waals surface area contributed by atoms with Gasteiger partial charge >= 0.3 is 0 Å². The van der Waals surface area contributed by atoms with Crippen molar-refractivity contribution < 1.29 is 24.1 Å². The van der Waals surface area contributed by atoms with Crippen molar-refractivity contribution in [2.45, 2.75) is 38.3 Å². The minimum atomic E-state index is -1.51. The van der Waals surface area contributed by atoms with E-state index in [1.165, 1.54) is 4.90 Å². The van der Waals surface area contributed by atoms with E-state index in [4.69, 9.17) is 0 Å². The molecule has 2 amide bonds. The average Bonchev–Trinajstić information content (AvgIpc) is 3.44. The zero-order valence-electron chi connectivity index (χ0n) is 17.5. The number of ketones is 2. The molecule has 1 N–H and O–H groups in total. The highest BCUT2D eigenvalue weighted by molar-refractivity contribution is 6.36. The van der Waals surface area contributed by atoms with Gasteiger partial charge in [0.25, 0.3) is 0 Å². The topological polar surface area (TPSA) is 76.0 Å². The molecule has 0 saturated carbocycles. The molecule has 0 aromatic heterocycles. The molecule has 2 aromatic rings. The molecule has 3 saturated heterocycles. The Kier molecular flexibility index (Phi) is 3.59. The number of anilines is 1. The van der Waals surface area contributed by atoms with Gasteiger partial charge in [-0.2, -0.15) is 0 Å². The van der Waals surface area contributed by atoms with E-state index in [0.29, 0.717) is 23.4 Å². The van der Waals surface area contributed by atoms with Crippen LogP contribution in [-0.4, -0.2) is 41.5 Å². The number of para-hydroxylation sites is 1. The van der Waals surface area contributed by atoms with Crippen LogP contribution in [0.4, 0.5) is 5.69 Å². The molecule has 1 aliphatic carbocycles. The van der Waals surface area contributed by atoms with Gasteiger partial charge in [0.2, 0.25) is 28.9 Å². The molecule has 4 aliphatic rings. The van der Waals surface area contributed by atoms with Crippen LogP contribution in [0.15, 0.2) is 42.5 Å². The van der Waals surface area contributed by atoms with Crippen LogP contribution in [0, 0.1) is 25.7 Å². The van der Waals surface area contributed by atoms with Gasteiger partial charge in [0.15, 0.2) is 0 Å². The Hall–Kier alpha value is -3.12. The second kappa shape index (κ2) is 5.98. The van der Waals surface area contributed by atoms with Gasteiger partial charge in [0.05, 0.1) is 12.2 Å². The maximum Gasteiger partial charge on any atom is 0.245 e. The first-order valence-electron chi connectivity index (χ1n) is 10.9. The van der Waals surface area contributed by atoms with Crippen LogP contribution in [0.1, 0.15) is 44.7 Å². The summed E-state index contributed by atoms with van der Waals surface area (Å²) in [6.45, 7) is 4.39. The highest BCUT2D eigenvalue weighted by Crippen LogP contribution is 2.49. The minimum Gasteiger partial charge on any atom is -0.313 e. The van der Waals surface area contributed by atoms with E-state index in [1.54, 1.807) is 24.3 Å². The number of quaternary nitrogens is 1. The summed E-state index contributed by atoms with van der Waals surface area (Å²) >= 11 is 0. The van der Waals surface area contributed by atoms with Gasteiger partial charge in [-0.25, -0.2) is 4.90 Å². The second-order valence-electron chi connectivity index (χ2n) is 9.29. The van der Waals surface area contributed by atoms with E-state index >= 15 is 0 Å². The monoisotopic (exact) mass is 415 g/mol. The first-order chi connectivity index (χ1) is 14.9. The number of amides is 2. The third-order valence-electron chi connectivity index (χ3n) is 7.96. The summed E-state index contributed by atoms with van der Waals surface area (Å²) in [6, 6.07) is 12.3. The number of fused-ring (bicyclic) bond motifs is 6. The largest absolute Gasteiger partial charge is 0.313 e. The van der Waals surface area contributed by atoms with Crippen molar-refractivity contribution in [2.75, 3.05) is 11.4 Å². The smallest absolute Gasteiger partial charge is 0.245 e. The molecule has 156 valence electrons. The van der Waals surface area contributed by atoms with Crippen molar-refractivity contribution in [1.29, 1.82) is 0 Å². The van der Waals surface area contributed by atoms with Crippen molar-refractivity contribution in [3.63, 3.8) is 0 Å². The van der Waals surface area contributed by atoms with Gasteiger partial charge in [0.1, 0.15) is 17.9 Å². The number of carbonyl (C=O) groups excluding carboxylic acids is 4. The number of aryl methyl sites for hydroxylation is 2. The number of Topliss-reactive ketones (excluding diaryl/α,β-unsaturated/α-hetero) is 2. The lowest BCUT2D eigenvalue weighted by molar-refractivity contribution is -0.930. The van der Waals surface area contributed by atoms with E-state index in [-0.39, 0.29) is 23.5 Å². The number of nitrogens with zero attached hydrogens (tertiary/aromatic N) is 1. The lowest BCUT2D eigenvalue weighted by atomic mass is 9.76. The average molecular weight is 415 g/mol. The Labute approximate surface area is 179 Å². The summed E-state index contributed by atoms with van der Waals surface area (Å²) in [4.78, 5) is 57.4. The van der Waals surface area contributed by atoms with Crippen LogP contribution in [0.25, 0.3) is 0 Å². The van der Waals surface area contributed by atoms with Gasteiger partial charge in [-0.3, -0.25) is 19.2 Å². The summed E-state index contributed by atoms with van der Waals surface area (Å²) in [7, 11) is 0. The van der Waals surface area contributed by atoms with Crippen LogP contribution in [-0.2, 0) is 9.59 Å². The SMILES string of the molecule is Cc1cccc(C)c1N1C(=O)[C@@H]2[C@H]3CCC[NH+]3C3(C(=O)c4ccccc4C3=O)[C@@H]2C1=O. The highest BCUT2D eigenvalue weighted by atomic mass is 16.2. The molecule has 2 aromatic carbocycles. The van der Waals surface area contributed by atoms with Gasteiger partial charge in [0, 0.05) is 24.0 Å². The second-order valence-corrected chi connectivity index (χ2v) is 9.29. The molecule has 3 aliphatic heterocycles. The molecule has 3 heterocycles. The molecular weight excluding hydrogens is 392 g/mol. The van der Waals surface area contributed by atoms with Crippen molar-refractivity contribution >= 4 is 29.1 Å². The molecule has 6 rings (SSSR count). The Balaban J connectivity index is 1.57. The fourth-order valence-electron chi connectivity index (χ4n) is 6.87. The van der Waals surface area contributed by atoms with Crippen molar-refractivity contribution in [3.8, 4) is 0 Å². The minimum absolute atomic E-state index is 0.182. The Morgan fingerprint density at radius 1 is 0.871 bits per heavy atom. The van der Waals surface area contributed by atoms with Crippen LogP contribution >= 0.6 is 0 Å². The zero-order valence-corrected chi connectivity index (χ0v) is 17.5. The third-order valence-corrected chi connectivity index (χ3v) is 7.96. The number of rotatable bonds is 1. The third kappa shape index (κ3) is 1.97. The molecular formula is C25H23N2O4+. The molecule has 1 spiro atoms. The number of hydrogen-bond donors (Lipinski definition) is 1. The predicted molar refractivity (Wildman–Crippen MR) is 112 cm³/mol.